The minimum atomic E-state index is 0.643. The highest BCUT2D eigenvalue weighted by Crippen LogP contribution is 2.26. The lowest BCUT2D eigenvalue weighted by Gasteiger charge is -2.28. The van der Waals surface area contributed by atoms with Gasteiger partial charge in [0.1, 0.15) is 0 Å². The Hall–Kier alpha value is -1.02. The predicted molar refractivity (Wildman–Crippen MR) is 51.2 cm³/mol. The third kappa shape index (κ3) is 1.18. The molecule has 0 saturated carbocycles. The van der Waals surface area contributed by atoms with E-state index in [0.717, 1.165) is 18.8 Å². The molecule has 1 fully saturated rings. The van der Waals surface area contributed by atoms with Gasteiger partial charge in [0, 0.05) is 24.7 Å². The SMILES string of the molecule is Cc1ccc(N)c(C2CNC2)c1. The topological polar surface area (TPSA) is 38.0 Å². The summed E-state index contributed by atoms with van der Waals surface area (Å²) in [5.74, 6) is 0.643. The number of nitrogens with one attached hydrogen (secondary N) is 1. The molecule has 0 aliphatic carbocycles. The van der Waals surface area contributed by atoms with E-state index in [2.05, 4.69) is 24.4 Å². The fourth-order valence-electron chi connectivity index (χ4n) is 1.56. The summed E-state index contributed by atoms with van der Waals surface area (Å²) >= 11 is 0. The van der Waals surface area contributed by atoms with Crippen LogP contribution in [-0.4, -0.2) is 13.1 Å². The van der Waals surface area contributed by atoms with Gasteiger partial charge in [0.15, 0.2) is 0 Å². The highest BCUT2D eigenvalue weighted by molar-refractivity contribution is 5.51. The van der Waals surface area contributed by atoms with Gasteiger partial charge in [-0.1, -0.05) is 17.7 Å². The largest absolute Gasteiger partial charge is 0.398 e. The van der Waals surface area contributed by atoms with Crippen molar-refractivity contribution >= 4 is 5.69 Å². The summed E-state index contributed by atoms with van der Waals surface area (Å²) < 4.78 is 0. The normalized spacial score (nSPS) is 17.4. The standard InChI is InChI=1S/C10H14N2/c1-7-2-3-10(11)9(4-7)8-5-12-6-8/h2-4,8,12H,5-6,11H2,1H3. The van der Waals surface area contributed by atoms with E-state index in [-0.39, 0.29) is 0 Å². The van der Waals surface area contributed by atoms with Crippen LogP contribution in [0.5, 0.6) is 0 Å². The van der Waals surface area contributed by atoms with Crippen molar-refractivity contribution < 1.29 is 0 Å². The molecule has 1 aromatic carbocycles. The lowest BCUT2D eigenvalue weighted by molar-refractivity contribution is 0.449. The second-order valence-electron chi connectivity index (χ2n) is 3.49. The Morgan fingerprint density at radius 1 is 1.42 bits per heavy atom. The first-order chi connectivity index (χ1) is 5.77. The quantitative estimate of drug-likeness (QED) is 0.610. The molecule has 2 nitrogen and oxygen atoms in total. The van der Waals surface area contributed by atoms with E-state index in [1.807, 2.05) is 6.07 Å². The Morgan fingerprint density at radius 3 is 2.75 bits per heavy atom. The van der Waals surface area contributed by atoms with Crippen molar-refractivity contribution in [3.63, 3.8) is 0 Å². The van der Waals surface area contributed by atoms with Crippen molar-refractivity contribution in [3.8, 4) is 0 Å². The first kappa shape index (κ1) is 7.62. The highest BCUT2D eigenvalue weighted by Gasteiger charge is 2.20. The Kier molecular flexibility index (Phi) is 1.77. The van der Waals surface area contributed by atoms with Crippen molar-refractivity contribution in [3.05, 3.63) is 29.3 Å². The summed E-state index contributed by atoms with van der Waals surface area (Å²) in [7, 11) is 0. The maximum atomic E-state index is 5.87. The summed E-state index contributed by atoms with van der Waals surface area (Å²) in [6.45, 7) is 4.26. The minimum Gasteiger partial charge on any atom is -0.398 e. The summed E-state index contributed by atoms with van der Waals surface area (Å²) in [6, 6.07) is 6.26. The monoisotopic (exact) mass is 162 g/mol. The van der Waals surface area contributed by atoms with Gasteiger partial charge in [-0.05, 0) is 18.6 Å². The Balaban J connectivity index is 2.34. The van der Waals surface area contributed by atoms with E-state index in [1.165, 1.54) is 11.1 Å². The van der Waals surface area contributed by atoms with Crippen LogP contribution in [0.1, 0.15) is 17.0 Å². The zero-order chi connectivity index (χ0) is 8.55. The number of benzene rings is 1. The third-order valence-electron chi connectivity index (χ3n) is 2.46. The molecule has 1 aliphatic heterocycles. The Bertz CT molecular complexity index is 290. The van der Waals surface area contributed by atoms with E-state index in [9.17, 15) is 0 Å². The zero-order valence-corrected chi connectivity index (χ0v) is 7.30. The maximum Gasteiger partial charge on any atom is 0.0350 e. The second-order valence-corrected chi connectivity index (χ2v) is 3.49. The second kappa shape index (κ2) is 2.79. The number of hydrogen-bond acceptors (Lipinski definition) is 2. The molecule has 1 aromatic rings. The van der Waals surface area contributed by atoms with Gasteiger partial charge in [0.2, 0.25) is 0 Å². The van der Waals surface area contributed by atoms with Crippen LogP contribution in [0.15, 0.2) is 18.2 Å². The van der Waals surface area contributed by atoms with Crippen molar-refractivity contribution in [2.24, 2.45) is 0 Å². The molecule has 0 spiro atoms. The number of nitrogen functional groups attached to an aromatic ring is 1. The van der Waals surface area contributed by atoms with Crippen LogP contribution in [0.2, 0.25) is 0 Å². The van der Waals surface area contributed by atoms with E-state index in [4.69, 9.17) is 5.73 Å². The number of hydrogen-bond donors (Lipinski definition) is 2. The number of rotatable bonds is 1. The van der Waals surface area contributed by atoms with Gasteiger partial charge < -0.3 is 11.1 Å². The van der Waals surface area contributed by atoms with Crippen molar-refractivity contribution in [1.29, 1.82) is 0 Å². The van der Waals surface area contributed by atoms with E-state index < -0.39 is 0 Å². The summed E-state index contributed by atoms with van der Waals surface area (Å²) in [4.78, 5) is 0. The van der Waals surface area contributed by atoms with E-state index in [1.54, 1.807) is 0 Å². The lowest BCUT2D eigenvalue weighted by Crippen LogP contribution is -2.40. The number of aryl methyl sites for hydroxylation is 1. The highest BCUT2D eigenvalue weighted by atomic mass is 14.9. The molecule has 64 valence electrons. The summed E-state index contributed by atoms with van der Waals surface area (Å²) in [6.07, 6.45) is 0. The first-order valence-electron chi connectivity index (χ1n) is 4.34. The van der Waals surface area contributed by atoms with Gasteiger partial charge in [0.25, 0.3) is 0 Å². The molecule has 2 heteroatoms. The molecule has 0 aromatic heterocycles. The molecule has 3 N–H and O–H groups in total. The Labute approximate surface area is 72.8 Å². The van der Waals surface area contributed by atoms with Gasteiger partial charge in [-0.2, -0.15) is 0 Å². The molecule has 0 radical (unpaired) electrons. The van der Waals surface area contributed by atoms with E-state index >= 15 is 0 Å². The van der Waals surface area contributed by atoms with E-state index in [0.29, 0.717) is 5.92 Å². The smallest absolute Gasteiger partial charge is 0.0350 e. The van der Waals surface area contributed by atoms with Crippen LogP contribution in [0.3, 0.4) is 0 Å². The number of anilines is 1. The Morgan fingerprint density at radius 2 is 2.17 bits per heavy atom. The van der Waals surface area contributed by atoms with Crippen LogP contribution >= 0.6 is 0 Å². The molecule has 1 saturated heterocycles. The van der Waals surface area contributed by atoms with Crippen molar-refractivity contribution in [2.45, 2.75) is 12.8 Å². The van der Waals surface area contributed by atoms with Crippen LogP contribution in [0, 0.1) is 6.92 Å². The molecule has 0 unspecified atom stereocenters. The van der Waals surface area contributed by atoms with Crippen molar-refractivity contribution in [2.75, 3.05) is 18.8 Å². The average molecular weight is 162 g/mol. The fourth-order valence-corrected chi connectivity index (χ4v) is 1.56. The lowest BCUT2D eigenvalue weighted by atomic mass is 9.91. The summed E-state index contributed by atoms with van der Waals surface area (Å²) in [5.41, 5.74) is 9.42. The molecule has 0 bridgehead atoms. The molecule has 0 amide bonds. The summed E-state index contributed by atoms with van der Waals surface area (Å²) in [5, 5.41) is 3.25. The van der Waals surface area contributed by atoms with Crippen LogP contribution < -0.4 is 11.1 Å². The van der Waals surface area contributed by atoms with Gasteiger partial charge in [0.05, 0.1) is 0 Å². The average Bonchev–Trinajstić information content (AvgIpc) is 1.93. The fraction of sp³-hybridized carbons (Fsp3) is 0.400. The molecule has 1 aliphatic rings. The molecular formula is C10H14N2. The minimum absolute atomic E-state index is 0.643. The molecule has 0 atom stereocenters. The van der Waals surface area contributed by atoms with Gasteiger partial charge >= 0.3 is 0 Å². The molecular weight excluding hydrogens is 148 g/mol. The van der Waals surface area contributed by atoms with Crippen LogP contribution in [-0.2, 0) is 0 Å². The molecule has 12 heavy (non-hydrogen) atoms. The first-order valence-corrected chi connectivity index (χ1v) is 4.34. The van der Waals surface area contributed by atoms with Crippen LogP contribution in [0.4, 0.5) is 5.69 Å². The van der Waals surface area contributed by atoms with Crippen molar-refractivity contribution in [1.82, 2.24) is 5.32 Å². The predicted octanol–water partition coefficient (Wildman–Crippen LogP) is 1.26. The molecule has 2 rings (SSSR count). The van der Waals surface area contributed by atoms with Crippen LogP contribution in [0.25, 0.3) is 0 Å². The van der Waals surface area contributed by atoms with Gasteiger partial charge in [-0.15, -0.1) is 0 Å². The van der Waals surface area contributed by atoms with Gasteiger partial charge in [-0.25, -0.2) is 0 Å². The molecule has 1 heterocycles. The zero-order valence-electron chi connectivity index (χ0n) is 7.30. The van der Waals surface area contributed by atoms with Gasteiger partial charge in [-0.3, -0.25) is 0 Å². The maximum absolute atomic E-state index is 5.87. The third-order valence-corrected chi connectivity index (χ3v) is 2.46. The number of nitrogens with two attached hydrogens (primary N) is 1.